The second kappa shape index (κ2) is 16.6. The van der Waals surface area contributed by atoms with E-state index in [0.29, 0.717) is 5.56 Å². The van der Waals surface area contributed by atoms with Crippen LogP contribution in [-0.4, -0.2) is 11.1 Å². The Morgan fingerprint density at radius 1 is 0.741 bits per heavy atom. The Morgan fingerprint density at radius 2 is 1.22 bits per heavy atom. The van der Waals surface area contributed by atoms with Crippen LogP contribution in [0, 0.1) is 0 Å². The highest BCUT2D eigenvalue weighted by atomic mass is 16.4. The highest BCUT2D eigenvalue weighted by molar-refractivity contribution is 5.87. The smallest absolute Gasteiger partial charge is 0.335 e. The van der Waals surface area contributed by atoms with E-state index >= 15 is 0 Å². The molecule has 0 aromatic heterocycles. The average Bonchev–Trinajstić information content (AvgIpc) is 2.68. The summed E-state index contributed by atoms with van der Waals surface area (Å²) in [6, 6.07) is 7.30. The molecule has 0 radical (unpaired) electrons. The third kappa shape index (κ3) is 13.3. The van der Waals surface area contributed by atoms with E-state index in [1.807, 2.05) is 12.1 Å². The molecule has 1 rings (SSSR count). The predicted molar refractivity (Wildman–Crippen MR) is 117 cm³/mol. The maximum Gasteiger partial charge on any atom is 0.335 e. The van der Waals surface area contributed by atoms with E-state index in [9.17, 15) is 4.79 Å². The van der Waals surface area contributed by atoms with Crippen LogP contribution in [-0.2, 0) is 6.42 Å². The van der Waals surface area contributed by atoms with Gasteiger partial charge in [0.1, 0.15) is 0 Å². The van der Waals surface area contributed by atoms with Crippen LogP contribution in [0.3, 0.4) is 0 Å². The summed E-state index contributed by atoms with van der Waals surface area (Å²) < 4.78 is 0. The van der Waals surface area contributed by atoms with Gasteiger partial charge in [0, 0.05) is 0 Å². The van der Waals surface area contributed by atoms with Crippen LogP contribution >= 0.6 is 0 Å². The molecule has 1 aromatic rings. The summed E-state index contributed by atoms with van der Waals surface area (Å²) in [5, 5.41) is 8.90. The van der Waals surface area contributed by atoms with Crippen molar-refractivity contribution in [2.75, 3.05) is 0 Å². The molecule has 0 saturated heterocycles. The fourth-order valence-corrected chi connectivity index (χ4v) is 3.39. The molecule has 0 bridgehead atoms. The summed E-state index contributed by atoms with van der Waals surface area (Å²) in [6.45, 7) is 2.27. The Balaban J connectivity index is 1.86. The number of allylic oxidation sites excluding steroid dienone is 2. The molecule has 0 atom stereocenters. The molecule has 2 nitrogen and oxygen atoms in total. The second-order valence-corrected chi connectivity index (χ2v) is 7.69. The first-order valence-corrected chi connectivity index (χ1v) is 11.2. The van der Waals surface area contributed by atoms with Gasteiger partial charge in [-0.25, -0.2) is 4.79 Å². The van der Waals surface area contributed by atoms with E-state index in [-0.39, 0.29) is 0 Å². The first kappa shape index (κ1) is 23.5. The van der Waals surface area contributed by atoms with Crippen molar-refractivity contribution in [1.29, 1.82) is 0 Å². The monoisotopic (exact) mass is 372 g/mol. The van der Waals surface area contributed by atoms with E-state index < -0.39 is 5.97 Å². The fraction of sp³-hybridized carbons (Fsp3) is 0.640. The van der Waals surface area contributed by atoms with Gasteiger partial charge in [-0.3, -0.25) is 0 Å². The van der Waals surface area contributed by atoms with Crippen molar-refractivity contribution in [3.05, 3.63) is 47.5 Å². The molecule has 152 valence electrons. The maximum absolute atomic E-state index is 10.8. The molecule has 0 aliphatic heterocycles. The van der Waals surface area contributed by atoms with Crippen molar-refractivity contribution >= 4 is 5.97 Å². The number of hydrogen-bond acceptors (Lipinski definition) is 1. The minimum absolute atomic E-state index is 0.375. The summed E-state index contributed by atoms with van der Waals surface area (Å²) >= 11 is 0. The Hall–Kier alpha value is -1.57. The number of carboxylic acids is 1. The van der Waals surface area contributed by atoms with Gasteiger partial charge < -0.3 is 5.11 Å². The zero-order valence-electron chi connectivity index (χ0n) is 17.4. The van der Waals surface area contributed by atoms with Crippen molar-refractivity contribution < 1.29 is 9.90 Å². The van der Waals surface area contributed by atoms with Crippen LogP contribution in [0.2, 0.25) is 0 Å². The van der Waals surface area contributed by atoms with E-state index in [1.165, 1.54) is 95.5 Å². The highest BCUT2D eigenvalue weighted by Gasteiger charge is 2.01. The number of hydrogen-bond donors (Lipinski definition) is 1. The van der Waals surface area contributed by atoms with Crippen LogP contribution < -0.4 is 0 Å². The van der Waals surface area contributed by atoms with E-state index in [0.717, 1.165) is 6.42 Å². The molecule has 1 aromatic carbocycles. The van der Waals surface area contributed by atoms with Crippen LogP contribution in [0.15, 0.2) is 36.4 Å². The Labute approximate surface area is 167 Å². The number of carbonyl (C=O) groups is 1. The minimum Gasteiger partial charge on any atom is -0.478 e. The van der Waals surface area contributed by atoms with Gasteiger partial charge in [0.2, 0.25) is 0 Å². The largest absolute Gasteiger partial charge is 0.478 e. The lowest BCUT2D eigenvalue weighted by atomic mass is 10.0. The normalized spacial score (nSPS) is 11.3. The third-order valence-corrected chi connectivity index (χ3v) is 5.18. The van der Waals surface area contributed by atoms with Gasteiger partial charge in [-0.2, -0.15) is 0 Å². The summed E-state index contributed by atoms with van der Waals surface area (Å²) in [4.78, 5) is 10.8. The topological polar surface area (TPSA) is 37.3 Å². The van der Waals surface area contributed by atoms with Crippen molar-refractivity contribution in [3.63, 3.8) is 0 Å². The van der Waals surface area contributed by atoms with Crippen LogP contribution in [0.4, 0.5) is 0 Å². The van der Waals surface area contributed by atoms with Crippen molar-refractivity contribution in [3.8, 4) is 0 Å². The van der Waals surface area contributed by atoms with Gasteiger partial charge >= 0.3 is 5.97 Å². The summed E-state index contributed by atoms with van der Waals surface area (Å²) in [5.41, 5.74) is 1.62. The standard InChI is InChI=1S/C25H40O2/c1-2-3-4-5-6-7-8-9-10-11-12-13-14-15-16-17-18-23-19-21-24(22-20-23)25(26)27/h9-10,19-22H,2-8,11-18H2,1H3,(H,26,27)/b10-9+. The molecule has 0 aliphatic rings. The highest BCUT2D eigenvalue weighted by Crippen LogP contribution is 2.12. The quantitative estimate of drug-likeness (QED) is 0.222. The molecule has 2 heteroatoms. The molecule has 0 amide bonds. The zero-order chi connectivity index (χ0) is 19.6. The second-order valence-electron chi connectivity index (χ2n) is 7.69. The first-order chi connectivity index (χ1) is 13.2. The molecule has 0 saturated carbocycles. The SMILES string of the molecule is CCCCCCCC/C=C/CCCCCCCCc1ccc(C(=O)O)cc1. The average molecular weight is 373 g/mol. The summed E-state index contributed by atoms with van der Waals surface area (Å²) in [6.07, 6.45) is 24.4. The molecule has 0 heterocycles. The molecule has 1 N–H and O–H groups in total. The Bertz CT molecular complexity index is 502. The van der Waals surface area contributed by atoms with Gasteiger partial charge in [-0.15, -0.1) is 0 Å². The number of aryl methyl sites for hydroxylation is 1. The van der Waals surface area contributed by atoms with E-state index in [1.54, 1.807) is 12.1 Å². The number of aromatic carboxylic acids is 1. The van der Waals surface area contributed by atoms with Crippen LogP contribution in [0.25, 0.3) is 0 Å². The van der Waals surface area contributed by atoms with Gasteiger partial charge in [0.05, 0.1) is 5.56 Å². The molecule has 0 aliphatic carbocycles. The van der Waals surface area contributed by atoms with Gasteiger partial charge in [-0.05, 0) is 56.2 Å². The third-order valence-electron chi connectivity index (χ3n) is 5.18. The van der Waals surface area contributed by atoms with Gasteiger partial charge in [0.25, 0.3) is 0 Å². The van der Waals surface area contributed by atoms with Crippen LogP contribution in [0.5, 0.6) is 0 Å². The number of carboxylic acid groups (broad SMARTS) is 1. The number of rotatable bonds is 17. The van der Waals surface area contributed by atoms with E-state index in [2.05, 4.69) is 19.1 Å². The summed E-state index contributed by atoms with van der Waals surface area (Å²) in [7, 11) is 0. The lowest BCUT2D eigenvalue weighted by Crippen LogP contribution is -1.96. The minimum atomic E-state index is -0.848. The lowest BCUT2D eigenvalue weighted by molar-refractivity contribution is 0.0697. The molecule has 0 unspecified atom stereocenters. The number of unbranched alkanes of at least 4 members (excludes halogenated alkanes) is 12. The Morgan fingerprint density at radius 3 is 1.74 bits per heavy atom. The van der Waals surface area contributed by atoms with Gasteiger partial charge in [0.15, 0.2) is 0 Å². The molecular formula is C25H40O2. The predicted octanol–water partition coefficient (Wildman–Crippen LogP) is 7.96. The maximum atomic E-state index is 10.8. The fourth-order valence-electron chi connectivity index (χ4n) is 3.39. The van der Waals surface area contributed by atoms with Crippen molar-refractivity contribution in [1.82, 2.24) is 0 Å². The van der Waals surface area contributed by atoms with Crippen LogP contribution in [0.1, 0.15) is 113 Å². The van der Waals surface area contributed by atoms with Gasteiger partial charge in [-0.1, -0.05) is 89.0 Å². The lowest BCUT2D eigenvalue weighted by Gasteiger charge is -2.03. The molecular weight excluding hydrogens is 332 g/mol. The van der Waals surface area contributed by atoms with Crippen molar-refractivity contribution in [2.45, 2.75) is 103 Å². The molecule has 0 fully saturated rings. The Kier molecular flexibility index (Phi) is 14.4. The van der Waals surface area contributed by atoms with Crippen molar-refractivity contribution in [2.24, 2.45) is 0 Å². The number of benzene rings is 1. The summed E-state index contributed by atoms with van der Waals surface area (Å²) in [5.74, 6) is -0.848. The molecule has 27 heavy (non-hydrogen) atoms. The first-order valence-electron chi connectivity index (χ1n) is 11.2. The zero-order valence-corrected chi connectivity index (χ0v) is 17.4. The molecule has 0 spiro atoms. The van der Waals surface area contributed by atoms with E-state index in [4.69, 9.17) is 5.11 Å².